The van der Waals surface area contributed by atoms with Gasteiger partial charge in [0.05, 0.1) is 6.61 Å². The normalized spacial score (nSPS) is 33.4. The molecule has 94 valence electrons. The van der Waals surface area contributed by atoms with Gasteiger partial charge in [0, 0.05) is 31.2 Å². The van der Waals surface area contributed by atoms with Crippen molar-refractivity contribution in [1.29, 1.82) is 0 Å². The number of ether oxygens (including phenoxy) is 1. The Kier molecular flexibility index (Phi) is 4.62. The van der Waals surface area contributed by atoms with Crippen LogP contribution in [-0.4, -0.2) is 50.3 Å². The molecule has 1 N–H and O–H groups in total. The topological polar surface area (TPSA) is 24.5 Å². The molecule has 2 heterocycles. The molecule has 16 heavy (non-hydrogen) atoms. The summed E-state index contributed by atoms with van der Waals surface area (Å²) in [4.78, 5) is 2.68. The molecule has 0 aromatic heterocycles. The van der Waals surface area contributed by atoms with E-state index in [2.05, 4.69) is 24.2 Å². The molecule has 0 spiro atoms. The van der Waals surface area contributed by atoms with E-state index in [0.29, 0.717) is 6.04 Å². The van der Waals surface area contributed by atoms with Crippen LogP contribution in [0.2, 0.25) is 0 Å². The molecule has 2 aliphatic heterocycles. The Morgan fingerprint density at radius 2 is 2.31 bits per heavy atom. The Balaban J connectivity index is 1.85. The summed E-state index contributed by atoms with van der Waals surface area (Å²) in [5, 5.41) is 3.49. The van der Waals surface area contributed by atoms with Gasteiger partial charge < -0.3 is 10.1 Å². The summed E-state index contributed by atoms with van der Waals surface area (Å²) in [7, 11) is 2.10. The first-order valence-electron chi connectivity index (χ1n) is 6.84. The maximum Gasteiger partial charge on any atom is 0.0510 e. The van der Waals surface area contributed by atoms with Gasteiger partial charge in [-0.3, -0.25) is 4.90 Å². The van der Waals surface area contributed by atoms with Crippen molar-refractivity contribution in [3.8, 4) is 0 Å². The Labute approximate surface area is 99.5 Å². The van der Waals surface area contributed by atoms with E-state index in [1.54, 1.807) is 0 Å². The van der Waals surface area contributed by atoms with Crippen LogP contribution >= 0.6 is 0 Å². The van der Waals surface area contributed by atoms with Gasteiger partial charge in [0.15, 0.2) is 0 Å². The summed E-state index contributed by atoms with van der Waals surface area (Å²) in [6.45, 7) is 6.74. The van der Waals surface area contributed by atoms with Gasteiger partial charge in [-0.1, -0.05) is 6.92 Å². The fraction of sp³-hybridized carbons (Fsp3) is 1.00. The highest BCUT2D eigenvalue weighted by atomic mass is 16.5. The Morgan fingerprint density at radius 3 is 2.94 bits per heavy atom. The summed E-state index contributed by atoms with van der Waals surface area (Å²) in [6.07, 6.45) is 5.32. The number of hydrogen-bond acceptors (Lipinski definition) is 3. The minimum absolute atomic E-state index is 0.620. The lowest BCUT2D eigenvalue weighted by Gasteiger charge is -2.30. The molecule has 0 radical (unpaired) electrons. The van der Waals surface area contributed by atoms with Gasteiger partial charge in [-0.25, -0.2) is 0 Å². The van der Waals surface area contributed by atoms with Crippen molar-refractivity contribution in [3.63, 3.8) is 0 Å². The monoisotopic (exact) mass is 226 g/mol. The van der Waals surface area contributed by atoms with E-state index in [-0.39, 0.29) is 0 Å². The van der Waals surface area contributed by atoms with E-state index < -0.39 is 0 Å². The molecule has 3 unspecified atom stereocenters. The average molecular weight is 226 g/mol. The zero-order valence-corrected chi connectivity index (χ0v) is 10.7. The van der Waals surface area contributed by atoms with Crippen molar-refractivity contribution in [2.45, 2.75) is 44.7 Å². The number of nitrogens with zero attached hydrogens (tertiary/aromatic N) is 1. The highest BCUT2D eigenvalue weighted by Crippen LogP contribution is 2.23. The molecule has 0 amide bonds. The highest BCUT2D eigenvalue weighted by Gasteiger charge is 2.30. The second kappa shape index (κ2) is 5.99. The quantitative estimate of drug-likeness (QED) is 0.768. The van der Waals surface area contributed by atoms with Crippen LogP contribution in [0.15, 0.2) is 0 Å². The third-order valence-corrected chi connectivity index (χ3v) is 4.31. The third kappa shape index (κ3) is 2.76. The van der Waals surface area contributed by atoms with Crippen molar-refractivity contribution in [1.82, 2.24) is 10.2 Å². The average Bonchev–Trinajstić information content (AvgIpc) is 2.96. The lowest BCUT2D eigenvalue weighted by Crippen LogP contribution is -2.45. The van der Waals surface area contributed by atoms with E-state index in [0.717, 1.165) is 25.2 Å². The summed E-state index contributed by atoms with van der Waals surface area (Å²) in [5.41, 5.74) is 0. The molecule has 2 aliphatic rings. The molecule has 0 aromatic rings. The van der Waals surface area contributed by atoms with E-state index in [1.165, 1.54) is 38.8 Å². The summed E-state index contributed by atoms with van der Waals surface area (Å²) >= 11 is 0. The van der Waals surface area contributed by atoms with Gasteiger partial charge in [-0.2, -0.15) is 0 Å². The maximum atomic E-state index is 5.50. The van der Waals surface area contributed by atoms with Crippen LogP contribution in [0.25, 0.3) is 0 Å². The van der Waals surface area contributed by atoms with Crippen molar-refractivity contribution < 1.29 is 4.74 Å². The molecule has 0 aromatic carbocycles. The zero-order chi connectivity index (χ0) is 11.4. The fourth-order valence-electron chi connectivity index (χ4n) is 3.20. The van der Waals surface area contributed by atoms with Crippen LogP contribution < -0.4 is 5.32 Å². The van der Waals surface area contributed by atoms with Crippen LogP contribution in [0.4, 0.5) is 0 Å². The highest BCUT2D eigenvalue weighted by molar-refractivity contribution is 4.86. The lowest BCUT2D eigenvalue weighted by molar-refractivity contribution is 0.158. The lowest BCUT2D eigenvalue weighted by atomic mass is 9.98. The molecule has 2 fully saturated rings. The molecule has 3 heteroatoms. The van der Waals surface area contributed by atoms with Crippen LogP contribution in [-0.2, 0) is 4.74 Å². The van der Waals surface area contributed by atoms with Gasteiger partial charge in [-0.05, 0) is 39.3 Å². The Bertz CT molecular complexity index is 204. The minimum atomic E-state index is 0.620. The number of nitrogens with one attached hydrogen (secondary N) is 1. The second-order valence-electron chi connectivity index (χ2n) is 5.22. The fourth-order valence-corrected chi connectivity index (χ4v) is 3.20. The van der Waals surface area contributed by atoms with Crippen molar-refractivity contribution in [2.24, 2.45) is 5.92 Å². The second-order valence-corrected chi connectivity index (χ2v) is 5.22. The predicted molar refractivity (Wildman–Crippen MR) is 66.7 cm³/mol. The van der Waals surface area contributed by atoms with Crippen LogP contribution in [0.5, 0.6) is 0 Å². The van der Waals surface area contributed by atoms with Crippen molar-refractivity contribution in [2.75, 3.05) is 33.4 Å². The van der Waals surface area contributed by atoms with E-state index >= 15 is 0 Å². The first kappa shape index (κ1) is 12.3. The molecule has 0 bridgehead atoms. The number of likely N-dealkylation sites (tertiary alicyclic amines) is 1. The van der Waals surface area contributed by atoms with Crippen molar-refractivity contribution >= 4 is 0 Å². The van der Waals surface area contributed by atoms with Crippen molar-refractivity contribution in [3.05, 3.63) is 0 Å². The summed E-state index contributed by atoms with van der Waals surface area (Å²) < 4.78 is 5.50. The van der Waals surface area contributed by atoms with Gasteiger partial charge in [0.25, 0.3) is 0 Å². The first-order valence-corrected chi connectivity index (χ1v) is 6.84. The maximum absolute atomic E-state index is 5.50. The third-order valence-electron chi connectivity index (χ3n) is 4.31. The van der Waals surface area contributed by atoms with Gasteiger partial charge in [0.1, 0.15) is 0 Å². The largest absolute Gasteiger partial charge is 0.381 e. The molecular weight excluding hydrogens is 200 g/mol. The number of hydrogen-bond donors (Lipinski definition) is 1. The smallest absolute Gasteiger partial charge is 0.0510 e. The van der Waals surface area contributed by atoms with Crippen LogP contribution in [0.3, 0.4) is 0 Å². The zero-order valence-electron chi connectivity index (χ0n) is 10.7. The van der Waals surface area contributed by atoms with E-state index in [1.807, 2.05) is 0 Å². The molecule has 3 nitrogen and oxygen atoms in total. The molecule has 2 saturated heterocycles. The number of likely N-dealkylation sites (N-methyl/N-ethyl adjacent to an activating group) is 1. The standard InChI is InChI=1S/C13H26N2O/c1-3-12-5-4-7-15(12)9-13(14-2)11-6-8-16-10-11/h11-14H,3-10H2,1-2H3. The Hall–Kier alpha value is -0.120. The molecule has 0 aliphatic carbocycles. The van der Waals surface area contributed by atoms with Gasteiger partial charge in [-0.15, -0.1) is 0 Å². The SMILES string of the molecule is CCC1CCCN1CC(NC)C1CCOC1. The summed E-state index contributed by atoms with van der Waals surface area (Å²) in [6, 6.07) is 1.45. The predicted octanol–water partition coefficient (Wildman–Crippen LogP) is 1.49. The van der Waals surface area contributed by atoms with E-state index in [4.69, 9.17) is 4.74 Å². The van der Waals surface area contributed by atoms with Crippen LogP contribution in [0, 0.1) is 5.92 Å². The number of rotatable bonds is 5. The first-order chi connectivity index (χ1) is 7.85. The van der Waals surface area contributed by atoms with Gasteiger partial charge >= 0.3 is 0 Å². The molecule has 2 rings (SSSR count). The molecule has 3 atom stereocenters. The van der Waals surface area contributed by atoms with Gasteiger partial charge in [0.2, 0.25) is 0 Å². The molecule has 0 saturated carbocycles. The van der Waals surface area contributed by atoms with E-state index in [9.17, 15) is 0 Å². The molecular formula is C13H26N2O. The minimum Gasteiger partial charge on any atom is -0.381 e. The Morgan fingerprint density at radius 1 is 1.44 bits per heavy atom. The van der Waals surface area contributed by atoms with Crippen LogP contribution in [0.1, 0.15) is 32.6 Å². The summed E-state index contributed by atoms with van der Waals surface area (Å²) in [5.74, 6) is 0.725.